The fourth-order valence-electron chi connectivity index (χ4n) is 2.44. The van der Waals surface area contributed by atoms with Crippen LogP contribution in [0.25, 0.3) is 0 Å². The van der Waals surface area contributed by atoms with Gasteiger partial charge in [-0.05, 0) is 38.4 Å². The number of H-pyrrole nitrogens is 1. The molecule has 0 aromatic carbocycles. The second-order valence-electron chi connectivity index (χ2n) is 5.20. The van der Waals surface area contributed by atoms with E-state index in [2.05, 4.69) is 22.1 Å². The predicted molar refractivity (Wildman–Crippen MR) is 73.7 cm³/mol. The number of aromatic nitrogens is 1. The first kappa shape index (κ1) is 13.3. The number of likely N-dealkylation sites (tertiary alicyclic amines) is 1. The van der Waals surface area contributed by atoms with E-state index >= 15 is 0 Å². The van der Waals surface area contributed by atoms with Gasteiger partial charge in [0, 0.05) is 31.4 Å². The maximum atomic E-state index is 10.9. The number of aromatic amines is 1. The summed E-state index contributed by atoms with van der Waals surface area (Å²) in [6.07, 6.45) is 5.85. The van der Waals surface area contributed by atoms with Crippen molar-refractivity contribution in [2.75, 3.05) is 19.6 Å². The highest BCUT2D eigenvalue weighted by Gasteiger charge is 2.12. The Labute approximate surface area is 108 Å². The van der Waals surface area contributed by atoms with Crippen LogP contribution in [-0.2, 0) is 6.54 Å². The molecule has 18 heavy (non-hydrogen) atoms. The van der Waals surface area contributed by atoms with E-state index in [1.54, 1.807) is 12.3 Å². The fraction of sp³-hybridized carbons (Fsp3) is 0.643. The van der Waals surface area contributed by atoms with Gasteiger partial charge in [-0.1, -0.05) is 12.5 Å². The number of nitrogens with zero attached hydrogens (tertiary/aromatic N) is 1. The molecule has 0 amide bonds. The van der Waals surface area contributed by atoms with Crippen LogP contribution < -0.4 is 10.9 Å². The van der Waals surface area contributed by atoms with E-state index < -0.39 is 0 Å². The molecule has 1 aliphatic heterocycles. The average molecular weight is 249 g/mol. The van der Waals surface area contributed by atoms with Crippen LogP contribution in [0.1, 0.15) is 31.7 Å². The van der Waals surface area contributed by atoms with Gasteiger partial charge in [-0.3, -0.25) is 4.79 Å². The first-order valence-corrected chi connectivity index (χ1v) is 6.87. The summed E-state index contributed by atoms with van der Waals surface area (Å²) in [6, 6.07) is 3.93. The van der Waals surface area contributed by atoms with Crippen molar-refractivity contribution in [2.24, 2.45) is 0 Å². The fourth-order valence-corrected chi connectivity index (χ4v) is 2.44. The summed E-state index contributed by atoms with van der Waals surface area (Å²) in [4.78, 5) is 16.2. The lowest BCUT2D eigenvalue weighted by molar-refractivity contribution is 0.209. The van der Waals surface area contributed by atoms with Gasteiger partial charge < -0.3 is 15.2 Å². The van der Waals surface area contributed by atoms with Crippen LogP contribution in [0.3, 0.4) is 0 Å². The van der Waals surface area contributed by atoms with Gasteiger partial charge >= 0.3 is 0 Å². The number of piperidine rings is 1. The van der Waals surface area contributed by atoms with Gasteiger partial charge in [-0.2, -0.15) is 0 Å². The molecule has 4 nitrogen and oxygen atoms in total. The van der Waals surface area contributed by atoms with Crippen LogP contribution in [0.5, 0.6) is 0 Å². The Hall–Kier alpha value is -1.13. The summed E-state index contributed by atoms with van der Waals surface area (Å²) >= 11 is 0. The monoisotopic (exact) mass is 249 g/mol. The lowest BCUT2D eigenvalue weighted by Crippen LogP contribution is -2.41. The zero-order chi connectivity index (χ0) is 12.8. The van der Waals surface area contributed by atoms with E-state index in [1.807, 2.05) is 6.07 Å². The van der Waals surface area contributed by atoms with E-state index in [0.29, 0.717) is 6.04 Å². The number of rotatable bonds is 5. The molecule has 100 valence electrons. The van der Waals surface area contributed by atoms with Crippen molar-refractivity contribution in [3.8, 4) is 0 Å². The molecule has 0 aliphatic carbocycles. The third kappa shape index (κ3) is 4.27. The summed E-state index contributed by atoms with van der Waals surface area (Å²) in [6.45, 7) is 6.63. The lowest BCUT2D eigenvalue weighted by Gasteiger charge is -2.29. The van der Waals surface area contributed by atoms with E-state index in [1.165, 1.54) is 32.4 Å². The van der Waals surface area contributed by atoms with E-state index in [-0.39, 0.29) is 5.56 Å². The van der Waals surface area contributed by atoms with Crippen LogP contribution in [-0.4, -0.2) is 35.6 Å². The van der Waals surface area contributed by atoms with Crippen molar-refractivity contribution in [2.45, 2.75) is 38.8 Å². The molecule has 1 aromatic heterocycles. The van der Waals surface area contributed by atoms with Gasteiger partial charge in [0.25, 0.3) is 0 Å². The molecule has 1 aromatic rings. The molecule has 0 bridgehead atoms. The van der Waals surface area contributed by atoms with Crippen molar-refractivity contribution in [1.82, 2.24) is 15.2 Å². The minimum absolute atomic E-state index is 0.0416. The normalized spacial score (nSPS) is 18.7. The van der Waals surface area contributed by atoms with Crippen molar-refractivity contribution in [1.29, 1.82) is 0 Å². The second kappa shape index (κ2) is 6.71. The first-order valence-electron chi connectivity index (χ1n) is 6.87. The van der Waals surface area contributed by atoms with Crippen molar-refractivity contribution >= 4 is 0 Å². The van der Waals surface area contributed by atoms with E-state index in [9.17, 15) is 4.79 Å². The van der Waals surface area contributed by atoms with Crippen molar-refractivity contribution in [3.63, 3.8) is 0 Å². The highest BCUT2D eigenvalue weighted by molar-refractivity contribution is 5.08. The highest BCUT2D eigenvalue weighted by atomic mass is 16.1. The lowest BCUT2D eigenvalue weighted by atomic mass is 10.1. The number of nitrogens with one attached hydrogen (secondary N) is 2. The number of hydrogen-bond donors (Lipinski definition) is 2. The minimum Gasteiger partial charge on any atom is -0.329 e. The molecule has 1 saturated heterocycles. The Kier molecular flexibility index (Phi) is 4.96. The van der Waals surface area contributed by atoms with Crippen LogP contribution in [0, 0.1) is 0 Å². The molecule has 0 saturated carbocycles. The standard InChI is InChI=1S/C14H23N3O/c1-12(11-17-7-3-2-4-8-17)15-9-13-5-6-14(18)16-10-13/h5-6,10,12,15H,2-4,7-9,11H2,1H3,(H,16,18). The van der Waals surface area contributed by atoms with Gasteiger partial charge in [0.05, 0.1) is 0 Å². The van der Waals surface area contributed by atoms with E-state index in [0.717, 1.165) is 18.7 Å². The Morgan fingerprint density at radius 2 is 2.11 bits per heavy atom. The third-order valence-corrected chi connectivity index (χ3v) is 3.48. The van der Waals surface area contributed by atoms with Gasteiger partial charge in [-0.25, -0.2) is 0 Å². The molecule has 2 rings (SSSR count). The molecule has 1 atom stereocenters. The quantitative estimate of drug-likeness (QED) is 0.828. The Balaban J connectivity index is 1.72. The van der Waals surface area contributed by atoms with Crippen LogP contribution in [0.15, 0.2) is 23.1 Å². The van der Waals surface area contributed by atoms with Gasteiger partial charge in [0.15, 0.2) is 0 Å². The largest absolute Gasteiger partial charge is 0.329 e. The maximum Gasteiger partial charge on any atom is 0.247 e. The summed E-state index contributed by atoms with van der Waals surface area (Å²) in [5, 5.41) is 3.50. The molecule has 4 heteroatoms. The Bertz CT molecular complexity index is 389. The highest BCUT2D eigenvalue weighted by Crippen LogP contribution is 2.08. The number of pyridine rings is 1. The van der Waals surface area contributed by atoms with Gasteiger partial charge in [0.2, 0.25) is 5.56 Å². The summed E-state index contributed by atoms with van der Waals surface area (Å²) < 4.78 is 0. The molecular formula is C14H23N3O. The molecule has 1 fully saturated rings. The minimum atomic E-state index is -0.0416. The summed E-state index contributed by atoms with van der Waals surface area (Å²) in [7, 11) is 0. The maximum absolute atomic E-state index is 10.9. The smallest absolute Gasteiger partial charge is 0.247 e. The van der Waals surface area contributed by atoms with Crippen LogP contribution >= 0.6 is 0 Å². The molecule has 0 radical (unpaired) electrons. The molecule has 2 heterocycles. The number of hydrogen-bond acceptors (Lipinski definition) is 3. The molecule has 0 spiro atoms. The van der Waals surface area contributed by atoms with Crippen molar-refractivity contribution < 1.29 is 0 Å². The first-order chi connectivity index (χ1) is 8.74. The van der Waals surface area contributed by atoms with E-state index in [4.69, 9.17) is 0 Å². The topological polar surface area (TPSA) is 48.1 Å². The van der Waals surface area contributed by atoms with Crippen molar-refractivity contribution in [3.05, 3.63) is 34.2 Å². The SMILES string of the molecule is CC(CN1CCCCC1)NCc1ccc(=O)[nH]c1. The predicted octanol–water partition coefficient (Wildman–Crippen LogP) is 1.34. The molecule has 1 unspecified atom stereocenters. The summed E-state index contributed by atoms with van der Waals surface area (Å²) in [5.41, 5.74) is 1.08. The second-order valence-corrected chi connectivity index (χ2v) is 5.20. The zero-order valence-electron chi connectivity index (χ0n) is 11.1. The average Bonchev–Trinajstić information content (AvgIpc) is 2.39. The Morgan fingerprint density at radius 1 is 1.33 bits per heavy atom. The Morgan fingerprint density at radius 3 is 2.78 bits per heavy atom. The zero-order valence-corrected chi connectivity index (χ0v) is 11.1. The molecule has 2 N–H and O–H groups in total. The molecule has 1 aliphatic rings. The summed E-state index contributed by atoms with van der Waals surface area (Å²) in [5.74, 6) is 0. The van der Waals surface area contributed by atoms with Gasteiger partial charge in [-0.15, -0.1) is 0 Å². The third-order valence-electron chi connectivity index (χ3n) is 3.48. The molecular weight excluding hydrogens is 226 g/mol. The van der Waals surface area contributed by atoms with Crippen LogP contribution in [0.2, 0.25) is 0 Å². The van der Waals surface area contributed by atoms with Crippen LogP contribution in [0.4, 0.5) is 0 Å². The van der Waals surface area contributed by atoms with Gasteiger partial charge in [0.1, 0.15) is 0 Å².